The normalized spacial score (nSPS) is 18.2. The fourth-order valence-corrected chi connectivity index (χ4v) is 7.12. The first-order valence-electron chi connectivity index (χ1n) is 14.3. The van der Waals surface area contributed by atoms with Gasteiger partial charge in [0.15, 0.2) is 0 Å². The summed E-state index contributed by atoms with van der Waals surface area (Å²) in [5.74, 6) is 1.28. The van der Waals surface area contributed by atoms with Crippen molar-refractivity contribution in [2.45, 2.75) is 52.5 Å². The maximum Gasteiger partial charge on any atom is 0.339 e. The first-order valence-corrected chi connectivity index (χ1v) is 14.3. The number of rotatable bonds is 4. The molecule has 2 aromatic carbocycles. The molecule has 0 spiro atoms. The molecule has 2 aliphatic rings. The Balaban J connectivity index is 1.19. The lowest BCUT2D eigenvalue weighted by molar-refractivity contribution is -0.133. The van der Waals surface area contributed by atoms with Gasteiger partial charge in [0.25, 0.3) is 5.56 Å². The van der Waals surface area contributed by atoms with Crippen molar-refractivity contribution < 1.29 is 13.6 Å². The topological polar surface area (TPSA) is 85.7 Å². The number of aromatic nitrogens is 1. The molecule has 0 saturated carbocycles. The lowest BCUT2D eigenvalue weighted by atomic mass is 9.83. The SMILES string of the molecule is Cc1oc2c(C)c3oc(=O)c(CCC(=O)N4CC5CC(C4)c4cccc(=O)n4C5)c(C)c3cc2c1-c1ccccc1. The number of benzene rings is 2. The van der Waals surface area contributed by atoms with E-state index in [-0.39, 0.29) is 29.7 Å². The van der Waals surface area contributed by atoms with Gasteiger partial charge in [-0.3, -0.25) is 9.59 Å². The van der Waals surface area contributed by atoms with Crippen molar-refractivity contribution in [1.29, 1.82) is 0 Å². The van der Waals surface area contributed by atoms with Crippen LogP contribution in [0.3, 0.4) is 0 Å². The molecule has 5 aromatic rings. The Labute approximate surface area is 237 Å². The molecular weight excluding hydrogens is 516 g/mol. The zero-order chi connectivity index (χ0) is 28.4. The Morgan fingerprint density at radius 2 is 1.66 bits per heavy atom. The van der Waals surface area contributed by atoms with Gasteiger partial charge in [-0.2, -0.15) is 0 Å². The summed E-state index contributed by atoms with van der Waals surface area (Å²) < 4.78 is 13.9. The third-order valence-electron chi connectivity index (χ3n) is 9.12. The van der Waals surface area contributed by atoms with E-state index >= 15 is 0 Å². The van der Waals surface area contributed by atoms with Crippen LogP contribution in [-0.2, 0) is 17.8 Å². The Morgan fingerprint density at radius 3 is 2.46 bits per heavy atom. The molecule has 1 fully saturated rings. The summed E-state index contributed by atoms with van der Waals surface area (Å²) in [6, 6.07) is 17.6. The van der Waals surface area contributed by atoms with Crippen LogP contribution in [0.15, 0.2) is 73.0 Å². The lowest BCUT2D eigenvalue weighted by Crippen LogP contribution is -2.49. The summed E-state index contributed by atoms with van der Waals surface area (Å²) in [5.41, 5.74) is 6.18. The molecule has 0 N–H and O–H groups in total. The fraction of sp³-hybridized carbons (Fsp3) is 0.324. The van der Waals surface area contributed by atoms with E-state index in [2.05, 4.69) is 18.2 Å². The Hall–Kier alpha value is -4.39. The van der Waals surface area contributed by atoms with Gasteiger partial charge in [-0.25, -0.2) is 4.79 Å². The number of amides is 1. The summed E-state index contributed by atoms with van der Waals surface area (Å²) in [6.07, 6.45) is 1.55. The number of piperidine rings is 1. The molecule has 5 heterocycles. The maximum absolute atomic E-state index is 13.4. The second-order valence-electron chi connectivity index (χ2n) is 11.6. The monoisotopic (exact) mass is 548 g/mol. The summed E-state index contributed by atoms with van der Waals surface area (Å²) in [5, 5.41) is 1.85. The van der Waals surface area contributed by atoms with Crippen LogP contribution in [0, 0.1) is 26.7 Å². The standard InChI is InChI=1S/C34H32N2O5/c1-19-25(12-13-29(37)35-16-22-14-24(18-35)28-10-7-11-30(38)36(28)17-22)34(39)41-32-20(2)33-27(15-26(19)32)31(21(3)40-33)23-8-5-4-6-9-23/h4-11,15,22,24H,12-14,16-18H2,1-3H3. The molecule has 208 valence electrons. The van der Waals surface area contributed by atoms with Crippen molar-refractivity contribution in [1.82, 2.24) is 9.47 Å². The van der Waals surface area contributed by atoms with E-state index < -0.39 is 5.63 Å². The fourth-order valence-electron chi connectivity index (χ4n) is 7.12. The van der Waals surface area contributed by atoms with E-state index in [9.17, 15) is 14.4 Å². The van der Waals surface area contributed by atoms with Crippen molar-refractivity contribution in [2.24, 2.45) is 5.92 Å². The van der Waals surface area contributed by atoms with Gasteiger partial charge in [0, 0.05) is 71.2 Å². The molecule has 2 unspecified atom stereocenters. The van der Waals surface area contributed by atoms with Gasteiger partial charge < -0.3 is 18.3 Å². The Bertz CT molecular complexity index is 1960. The van der Waals surface area contributed by atoms with E-state index in [0.29, 0.717) is 37.2 Å². The zero-order valence-corrected chi connectivity index (χ0v) is 23.5. The number of fused-ring (bicyclic) bond motifs is 6. The number of carbonyl (C=O) groups excluding carboxylic acids is 1. The molecule has 7 heteroatoms. The van der Waals surface area contributed by atoms with Gasteiger partial charge in [0.2, 0.25) is 5.91 Å². The minimum atomic E-state index is -0.402. The predicted octanol–water partition coefficient (Wildman–Crippen LogP) is 5.87. The van der Waals surface area contributed by atoms with Crippen LogP contribution in [0.5, 0.6) is 0 Å². The average molecular weight is 549 g/mol. The highest BCUT2D eigenvalue weighted by atomic mass is 16.4. The second-order valence-corrected chi connectivity index (χ2v) is 11.6. The van der Waals surface area contributed by atoms with E-state index in [1.54, 1.807) is 12.1 Å². The molecule has 0 radical (unpaired) electrons. The quantitative estimate of drug-likeness (QED) is 0.262. The van der Waals surface area contributed by atoms with Gasteiger partial charge in [0.1, 0.15) is 16.9 Å². The summed E-state index contributed by atoms with van der Waals surface area (Å²) in [4.78, 5) is 40.9. The number of carbonyl (C=O) groups is 1. The lowest BCUT2D eigenvalue weighted by Gasteiger charge is -2.42. The largest absolute Gasteiger partial charge is 0.460 e. The van der Waals surface area contributed by atoms with Gasteiger partial charge in [-0.05, 0) is 62.8 Å². The van der Waals surface area contributed by atoms with Crippen molar-refractivity contribution in [3.63, 3.8) is 0 Å². The van der Waals surface area contributed by atoms with E-state index in [1.165, 1.54) is 0 Å². The molecule has 3 aromatic heterocycles. The Morgan fingerprint density at radius 1 is 0.878 bits per heavy atom. The van der Waals surface area contributed by atoms with E-state index in [0.717, 1.165) is 56.5 Å². The first kappa shape index (κ1) is 25.6. The summed E-state index contributed by atoms with van der Waals surface area (Å²) in [6.45, 7) is 7.71. The van der Waals surface area contributed by atoms with Crippen LogP contribution in [0.25, 0.3) is 33.1 Å². The highest BCUT2D eigenvalue weighted by Crippen LogP contribution is 2.40. The molecule has 41 heavy (non-hydrogen) atoms. The summed E-state index contributed by atoms with van der Waals surface area (Å²) in [7, 11) is 0. The maximum atomic E-state index is 13.4. The van der Waals surface area contributed by atoms with Gasteiger partial charge in [-0.15, -0.1) is 0 Å². The highest BCUT2D eigenvalue weighted by Gasteiger charge is 2.36. The smallest absolute Gasteiger partial charge is 0.339 e. The van der Waals surface area contributed by atoms with Crippen LogP contribution in [0.2, 0.25) is 0 Å². The van der Waals surface area contributed by atoms with E-state index in [1.807, 2.05) is 54.5 Å². The van der Waals surface area contributed by atoms with Crippen LogP contribution in [-0.4, -0.2) is 28.5 Å². The molecule has 2 bridgehead atoms. The number of hydrogen-bond acceptors (Lipinski definition) is 5. The molecule has 0 aliphatic carbocycles. The predicted molar refractivity (Wildman–Crippen MR) is 158 cm³/mol. The minimum Gasteiger partial charge on any atom is -0.460 e. The van der Waals surface area contributed by atoms with Crippen molar-refractivity contribution in [3.05, 3.63) is 104 Å². The molecule has 7 nitrogen and oxygen atoms in total. The van der Waals surface area contributed by atoms with Crippen LogP contribution in [0.1, 0.15) is 46.9 Å². The first-order chi connectivity index (χ1) is 19.8. The van der Waals surface area contributed by atoms with Crippen molar-refractivity contribution >= 4 is 27.8 Å². The number of likely N-dealkylation sites (tertiary alicyclic amines) is 1. The average Bonchev–Trinajstić information content (AvgIpc) is 3.30. The van der Waals surface area contributed by atoms with Gasteiger partial charge in [-0.1, -0.05) is 36.4 Å². The number of furan rings is 1. The van der Waals surface area contributed by atoms with Crippen LogP contribution >= 0.6 is 0 Å². The van der Waals surface area contributed by atoms with Gasteiger partial charge in [0.05, 0.1) is 0 Å². The molecule has 7 rings (SSSR count). The Kier molecular flexibility index (Phi) is 6.00. The second kappa shape index (κ2) is 9.61. The van der Waals surface area contributed by atoms with Crippen molar-refractivity contribution in [3.8, 4) is 11.1 Å². The third-order valence-corrected chi connectivity index (χ3v) is 9.12. The number of nitrogens with zero attached hydrogens (tertiary/aromatic N) is 2. The van der Waals surface area contributed by atoms with Crippen LogP contribution in [0.4, 0.5) is 0 Å². The summed E-state index contributed by atoms with van der Waals surface area (Å²) >= 11 is 0. The van der Waals surface area contributed by atoms with Gasteiger partial charge >= 0.3 is 5.63 Å². The minimum absolute atomic E-state index is 0.0319. The van der Waals surface area contributed by atoms with E-state index in [4.69, 9.17) is 8.83 Å². The molecule has 2 atom stereocenters. The molecular formula is C34H32N2O5. The molecule has 2 aliphatic heterocycles. The third kappa shape index (κ3) is 4.14. The van der Waals surface area contributed by atoms with Crippen molar-refractivity contribution in [2.75, 3.05) is 13.1 Å². The number of aryl methyl sites for hydroxylation is 3. The van der Waals surface area contributed by atoms with Crippen LogP contribution < -0.4 is 11.2 Å². The zero-order valence-electron chi connectivity index (χ0n) is 23.5. The number of pyridine rings is 1. The molecule has 1 amide bonds. The number of hydrogen-bond donors (Lipinski definition) is 0. The molecule has 1 saturated heterocycles. The highest BCUT2D eigenvalue weighted by molar-refractivity contribution is 6.05.